The maximum absolute atomic E-state index is 12.2. The fourth-order valence-electron chi connectivity index (χ4n) is 2.11. The summed E-state index contributed by atoms with van der Waals surface area (Å²) in [4.78, 5) is 14.0. The first-order chi connectivity index (χ1) is 10.1. The van der Waals surface area contributed by atoms with Gasteiger partial charge in [0.1, 0.15) is 5.75 Å². The Balaban J connectivity index is 0.00000242. The van der Waals surface area contributed by atoms with Gasteiger partial charge in [-0.15, -0.1) is 28.9 Å². The zero-order valence-electron chi connectivity index (χ0n) is 12.4. The summed E-state index contributed by atoms with van der Waals surface area (Å²) in [6, 6.07) is 5.38. The van der Waals surface area contributed by atoms with Crippen LogP contribution in [0.25, 0.3) is 5.70 Å². The van der Waals surface area contributed by atoms with Crippen molar-refractivity contribution in [2.45, 2.75) is 17.3 Å². The van der Waals surface area contributed by atoms with E-state index in [1.54, 1.807) is 18.1 Å². The predicted molar refractivity (Wildman–Crippen MR) is 90.4 cm³/mol. The first-order valence-corrected chi connectivity index (χ1v) is 8.18. The van der Waals surface area contributed by atoms with Crippen LogP contribution < -0.4 is 4.74 Å². The van der Waals surface area contributed by atoms with Crippen molar-refractivity contribution in [3.63, 3.8) is 0 Å². The molecule has 0 saturated carbocycles. The van der Waals surface area contributed by atoms with Crippen molar-refractivity contribution in [3.05, 3.63) is 34.9 Å². The number of allylic oxidation sites excluding steroid dienone is 1. The van der Waals surface area contributed by atoms with Gasteiger partial charge in [-0.05, 0) is 24.1 Å². The third kappa shape index (κ3) is 4.66. The molecule has 0 saturated heterocycles. The monoisotopic (exact) mass is 509 g/mol. The van der Waals surface area contributed by atoms with Crippen LogP contribution in [-0.2, 0) is 42.2 Å². The van der Waals surface area contributed by atoms with E-state index in [9.17, 15) is 4.79 Å². The number of nitrogens with zero attached hydrogens (tertiary/aromatic N) is 1. The number of hydrogen-bond donors (Lipinski definition) is 0. The first-order valence-electron chi connectivity index (χ1n) is 6.56. The second-order valence-corrected chi connectivity index (χ2v) is 6.38. The SMILES string of the molecule is CCN1C(=O)C(I)C[C-]=C1c1ccc(OCOC)cc1Cl.[Y]. The molecule has 1 aliphatic heterocycles. The van der Waals surface area contributed by atoms with E-state index < -0.39 is 0 Å². The standard InChI is InChI=1S/C15H16ClINO3.Y/c1-3-18-14(7-6-13(17)15(18)19)11-5-4-10(8-12(11)16)21-9-20-2;/h4-5,8,13H,3,6,9H2,1-2H3;/q-1;. The Hall–Kier alpha value is 0.314. The van der Waals surface area contributed by atoms with Crippen molar-refractivity contribution >= 4 is 45.8 Å². The number of benzene rings is 1. The molecule has 1 atom stereocenters. The Morgan fingerprint density at radius 2 is 2.23 bits per heavy atom. The van der Waals surface area contributed by atoms with Crippen LogP contribution in [-0.4, -0.2) is 35.2 Å². The van der Waals surface area contributed by atoms with Crippen LogP contribution in [0.3, 0.4) is 0 Å². The molecule has 117 valence electrons. The molecule has 22 heavy (non-hydrogen) atoms. The van der Waals surface area contributed by atoms with Gasteiger partial charge in [-0.3, -0.25) is 4.79 Å². The molecule has 0 N–H and O–H groups in total. The largest absolute Gasteiger partial charge is 0.468 e. The fourth-order valence-corrected chi connectivity index (χ4v) is 2.92. The second kappa shape index (κ2) is 9.57. The molecule has 1 unspecified atom stereocenters. The van der Waals surface area contributed by atoms with Gasteiger partial charge >= 0.3 is 0 Å². The number of halogens is 2. The van der Waals surface area contributed by atoms with Gasteiger partial charge < -0.3 is 14.4 Å². The van der Waals surface area contributed by atoms with Crippen molar-refractivity contribution in [2.24, 2.45) is 0 Å². The molecule has 0 aliphatic carbocycles. The third-order valence-corrected chi connectivity index (χ3v) is 4.39. The summed E-state index contributed by atoms with van der Waals surface area (Å²) in [6.07, 6.45) is 3.89. The second-order valence-electron chi connectivity index (χ2n) is 4.47. The Kier molecular flexibility index (Phi) is 8.86. The van der Waals surface area contributed by atoms with Crippen LogP contribution in [0.4, 0.5) is 0 Å². The average molecular weight is 510 g/mol. The summed E-state index contributed by atoms with van der Waals surface area (Å²) in [5, 5.41) is 0.532. The van der Waals surface area contributed by atoms with E-state index in [0.29, 0.717) is 23.7 Å². The molecule has 2 rings (SSSR count). The Labute approximate surface area is 174 Å². The van der Waals surface area contributed by atoms with Crippen LogP contribution in [0.2, 0.25) is 5.02 Å². The summed E-state index contributed by atoms with van der Waals surface area (Å²) in [5.74, 6) is 0.728. The van der Waals surface area contributed by atoms with Gasteiger partial charge in [0.25, 0.3) is 0 Å². The quantitative estimate of drug-likeness (QED) is 0.264. The van der Waals surface area contributed by atoms with Crippen molar-refractivity contribution in [2.75, 3.05) is 20.4 Å². The third-order valence-electron chi connectivity index (χ3n) is 3.11. The van der Waals surface area contributed by atoms with Crippen LogP contribution in [0.5, 0.6) is 5.75 Å². The molecule has 0 fully saturated rings. The van der Waals surface area contributed by atoms with Crippen molar-refractivity contribution < 1.29 is 47.0 Å². The summed E-state index contributed by atoms with van der Waals surface area (Å²) in [5.41, 5.74) is 1.54. The molecule has 1 aromatic rings. The summed E-state index contributed by atoms with van der Waals surface area (Å²) < 4.78 is 10.1. The van der Waals surface area contributed by atoms with Gasteiger partial charge in [0.15, 0.2) is 6.79 Å². The fraction of sp³-hybridized carbons (Fsp3) is 0.400. The minimum atomic E-state index is -0.0608. The maximum Gasteiger partial charge on any atom is 0.235 e. The van der Waals surface area contributed by atoms with Gasteiger partial charge in [-0.25, -0.2) is 6.08 Å². The molecule has 1 aliphatic rings. The zero-order chi connectivity index (χ0) is 15.4. The molecule has 0 spiro atoms. The van der Waals surface area contributed by atoms with Crippen molar-refractivity contribution in [1.29, 1.82) is 0 Å². The van der Waals surface area contributed by atoms with Crippen molar-refractivity contribution in [3.8, 4) is 5.75 Å². The molecule has 0 bridgehead atoms. The van der Waals surface area contributed by atoms with E-state index in [1.807, 2.05) is 19.1 Å². The number of ether oxygens (including phenoxy) is 2. The van der Waals surface area contributed by atoms with Gasteiger partial charge in [0, 0.05) is 46.4 Å². The number of amides is 1. The molecule has 1 radical (unpaired) electrons. The van der Waals surface area contributed by atoms with E-state index >= 15 is 0 Å². The van der Waals surface area contributed by atoms with E-state index in [0.717, 1.165) is 11.3 Å². The summed E-state index contributed by atoms with van der Waals surface area (Å²) in [6.45, 7) is 2.71. The van der Waals surface area contributed by atoms with Crippen LogP contribution in [0, 0.1) is 6.08 Å². The minimum absolute atomic E-state index is 0. The number of hydrogen-bond acceptors (Lipinski definition) is 3. The van der Waals surface area contributed by atoms with Crippen LogP contribution in [0.15, 0.2) is 18.2 Å². The number of alkyl halides is 1. The maximum atomic E-state index is 12.2. The number of rotatable bonds is 5. The molecule has 1 heterocycles. The van der Waals surface area contributed by atoms with Gasteiger partial charge in [-0.2, -0.15) is 0 Å². The summed E-state index contributed by atoms with van der Waals surface area (Å²) >= 11 is 8.47. The average Bonchev–Trinajstić information content (AvgIpc) is 2.48. The van der Waals surface area contributed by atoms with Crippen LogP contribution >= 0.6 is 34.2 Å². The zero-order valence-corrected chi connectivity index (χ0v) is 18.2. The number of methoxy groups -OCH3 is 1. The molecule has 0 aromatic heterocycles. The molecule has 1 amide bonds. The van der Waals surface area contributed by atoms with E-state index in [-0.39, 0.29) is 49.3 Å². The number of carbonyl (C=O) groups is 1. The first kappa shape index (κ1) is 20.4. The van der Waals surface area contributed by atoms with E-state index in [1.165, 1.54) is 0 Å². The predicted octanol–water partition coefficient (Wildman–Crippen LogP) is 3.52. The minimum Gasteiger partial charge on any atom is -0.468 e. The Morgan fingerprint density at radius 1 is 1.50 bits per heavy atom. The van der Waals surface area contributed by atoms with Gasteiger partial charge in [0.2, 0.25) is 5.91 Å². The van der Waals surface area contributed by atoms with E-state index in [4.69, 9.17) is 21.1 Å². The topological polar surface area (TPSA) is 38.8 Å². The molecular weight excluding hydrogens is 493 g/mol. The van der Waals surface area contributed by atoms with Crippen molar-refractivity contribution in [1.82, 2.24) is 4.90 Å². The van der Waals surface area contributed by atoms with Crippen LogP contribution in [0.1, 0.15) is 18.9 Å². The number of carbonyl (C=O) groups excluding carboxylic acids is 1. The molecule has 4 nitrogen and oxygen atoms in total. The van der Waals surface area contributed by atoms with E-state index in [2.05, 4.69) is 28.7 Å². The molecule has 1 aromatic carbocycles. The Morgan fingerprint density at radius 3 is 2.82 bits per heavy atom. The molecule has 7 heteroatoms. The summed E-state index contributed by atoms with van der Waals surface area (Å²) in [7, 11) is 1.56. The van der Waals surface area contributed by atoms with Gasteiger partial charge in [0.05, 0.1) is 3.92 Å². The molecular formula is C15H16ClINO3Y-. The smallest absolute Gasteiger partial charge is 0.235 e. The van der Waals surface area contributed by atoms with Gasteiger partial charge in [-0.1, -0.05) is 29.0 Å². The Bertz CT molecular complexity index is 568. The normalized spacial score (nSPS) is 17.8.